The summed E-state index contributed by atoms with van der Waals surface area (Å²) in [5.41, 5.74) is -3.30. The minimum absolute atomic E-state index is 0.0446. The summed E-state index contributed by atoms with van der Waals surface area (Å²) >= 11 is 0. The molecule has 0 bridgehead atoms. The van der Waals surface area contributed by atoms with Gasteiger partial charge < -0.3 is 4.90 Å². The zero-order valence-corrected chi connectivity index (χ0v) is 20.0. The Balaban J connectivity index is 1.98. The van der Waals surface area contributed by atoms with E-state index in [1.165, 1.54) is 19.2 Å². The van der Waals surface area contributed by atoms with Gasteiger partial charge in [-0.25, -0.2) is 17.6 Å². The molecule has 14 heteroatoms. The summed E-state index contributed by atoms with van der Waals surface area (Å²) in [5.74, 6) is -1.17. The molecule has 6 nitrogen and oxygen atoms in total. The van der Waals surface area contributed by atoms with E-state index in [0.29, 0.717) is 22.6 Å². The van der Waals surface area contributed by atoms with Gasteiger partial charge in [0, 0.05) is 38.8 Å². The Morgan fingerprint density at radius 1 is 0.917 bits per heavy atom. The highest BCUT2D eigenvalue weighted by atomic mass is 32.2. The number of nitrogens with zero attached hydrogens (tertiary/aromatic N) is 3. The molecule has 1 aliphatic heterocycles. The summed E-state index contributed by atoms with van der Waals surface area (Å²) in [6, 6.07) is 4.16. The average molecular weight is 541 g/mol. The third kappa shape index (κ3) is 5.91. The molecule has 0 aromatic heterocycles. The van der Waals surface area contributed by atoms with Crippen molar-refractivity contribution < 1.29 is 43.9 Å². The molecule has 0 N–H and O–H groups in total. The minimum Gasteiger partial charge on any atom is -0.322 e. The van der Waals surface area contributed by atoms with Gasteiger partial charge >= 0.3 is 18.4 Å². The highest BCUT2D eigenvalue weighted by molar-refractivity contribution is 7.88. The number of hydrogen-bond donors (Lipinski definition) is 0. The molecule has 1 aliphatic rings. The van der Waals surface area contributed by atoms with Gasteiger partial charge in [-0.3, -0.25) is 4.90 Å². The molecular weight excluding hydrogens is 519 g/mol. The lowest BCUT2D eigenvalue weighted by Gasteiger charge is -2.33. The van der Waals surface area contributed by atoms with Crippen LogP contribution in [0.2, 0.25) is 0 Å². The molecule has 0 unspecified atom stereocenters. The first-order chi connectivity index (χ1) is 16.4. The van der Waals surface area contributed by atoms with Crippen molar-refractivity contribution in [3.63, 3.8) is 0 Å². The summed E-state index contributed by atoms with van der Waals surface area (Å²) < 4.78 is 118. The maximum atomic E-state index is 13.4. The van der Waals surface area contributed by atoms with Gasteiger partial charge in [0.1, 0.15) is 5.82 Å². The standard InChI is InChI=1S/C22H22F7N3O3S/c1-30(17-9-14(21(24,25)26)8-15(10-17)22(27,28)29)20(33)31(2)19-12-32(36(3,34)35)11-18(19)13-4-6-16(23)7-5-13/h4-10,18-19H,11-12H2,1-3H3/t18-,19+/m0/s1. The van der Waals surface area contributed by atoms with E-state index >= 15 is 0 Å². The van der Waals surface area contributed by atoms with Gasteiger partial charge in [-0.15, -0.1) is 0 Å². The van der Waals surface area contributed by atoms with Crippen LogP contribution in [0.25, 0.3) is 0 Å². The Morgan fingerprint density at radius 2 is 1.42 bits per heavy atom. The normalized spacial score (nSPS) is 19.4. The number of carbonyl (C=O) groups is 1. The van der Waals surface area contributed by atoms with Gasteiger partial charge in [-0.05, 0) is 35.9 Å². The Hall–Kier alpha value is -2.87. The van der Waals surface area contributed by atoms with Gasteiger partial charge in [0.15, 0.2) is 0 Å². The highest BCUT2D eigenvalue weighted by Gasteiger charge is 2.43. The maximum absolute atomic E-state index is 13.4. The maximum Gasteiger partial charge on any atom is 0.416 e. The molecule has 198 valence electrons. The molecule has 1 saturated heterocycles. The predicted octanol–water partition coefficient (Wildman–Crippen LogP) is 4.78. The van der Waals surface area contributed by atoms with Crippen molar-refractivity contribution in [3.05, 3.63) is 65.0 Å². The summed E-state index contributed by atoms with van der Waals surface area (Å²) in [4.78, 5) is 14.9. The van der Waals surface area contributed by atoms with Crippen LogP contribution in [0.15, 0.2) is 42.5 Å². The second-order valence-corrected chi connectivity index (χ2v) is 10.5. The Bertz CT molecular complexity index is 1200. The van der Waals surface area contributed by atoms with Crippen molar-refractivity contribution in [1.29, 1.82) is 0 Å². The van der Waals surface area contributed by atoms with E-state index in [-0.39, 0.29) is 19.2 Å². The number of sulfonamides is 1. The van der Waals surface area contributed by atoms with Crippen LogP contribution in [-0.2, 0) is 22.4 Å². The molecule has 2 aromatic carbocycles. The van der Waals surface area contributed by atoms with Gasteiger partial charge in [0.25, 0.3) is 0 Å². The first-order valence-corrected chi connectivity index (χ1v) is 12.2. The number of likely N-dealkylation sites (N-methyl/N-ethyl adjacent to an activating group) is 1. The SMILES string of the molecule is CN(C(=O)N(C)[C@@H]1CN(S(C)(=O)=O)C[C@H]1c1ccc(F)cc1)c1cc(C(F)(F)F)cc(C(F)(F)F)c1. The fourth-order valence-corrected chi connectivity index (χ4v) is 4.93. The number of amides is 2. The van der Waals surface area contributed by atoms with E-state index in [0.717, 1.165) is 34.6 Å². The second kappa shape index (κ2) is 9.54. The van der Waals surface area contributed by atoms with Crippen LogP contribution < -0.4 is 4.90 Å². The summed E-state index contributed by atoms with van der Waals surface area (Å²) in [6.45, 7) is -0.231. The molecule has 2 aromatic rings. The Kier molecular flexibility index (Phi) is 7.34. The van der Waals surface area contributed by atoms with Crippen molar-refractivity contribution in [2.45, 2.75) is 24.3 Å². The van der Waals surface area contributed by atoms with Crippen LogP contribution in [0, 0.1) is 5.82 Å². The zero-order chi connectivity index (χ0) is 27.2. The van der Waals surface area contributed by atoms with Gasteiger partial charge in [0.2, 0.25) is 10.0 Å². The molecule has 2 amide bonds. The molecule has 0 aliphatic carbocycles. The second-order valence-electron chi connectivity index (χ2n) is 8.52. The molecular formula is C22H22F7N3O3S. The van der Waals surface area contributed by atoms with E-state index in [1.54, 1.807) is 0 Å². The fourth-order valence-electron chi connectivity index (χ4n) is 4.07. The fraction of sp³-hybridized carbons (Fsp3) is 0.409. The largest absolute Gasteiger partial charge is 0.416 e. The monoisotopic (exact) mass is 541 g/mol. The van der Waals surface area contributed by atoms with E-state index in [2.05, 4.69) is 0 Å². The van der Waals surface area contributed by atoms with Gasteiger partial charge in [0.05, 0.1) is 23.4 Å². The van der Waals surface area contributed by atoms with Crippen molar-refractivity contribution in [3.8, 4) is 0 Å². The van der Waals surface area contributed by atoms with Crippen LogP contribution in [-0.4, -0.2) is 63.1 Å². The molecule has 1 heterocycles. The van der Waals surface area contributed by atoms with Crippen molar-refractivity contribution in [2.75, 3.05) is 38.3 Å². The first kappa shape index (κ1) is 27.7. The zero-order valence-electron chi connectivity index (χ0n) is 19.2. The number of halogens is 7. The van der Waals surface area contributed by atoms with Crippen LogP contribution in [0.1, 0.15) is 22.6 Å². The predicted molar refractivity (Wildman–Crippen MR) is 117 cm³/mol. The molecule has 2 atom stereocenters. The summed E-state index contributed by atoms with van der Waals surface area (Å²) in [7, 11) is -1.42. The van der Waals surface area contributed by atoms with E-state index < -0.39 is 63.0 Å². The highest BCUT2D eigenvalue weighted by Crippen LogP contribution is 2.39. The van der Waals surface area contributed by atoms with Crippen molar-refractivity contribution in [2.24, 2.45) is 0 Å². The molecule has 0 spiro atoms. The number of hydrogen-bond acceptors (Lipinski definition) is 3. The number of anilines is 1. The van der Waals surface area contributed by atoms with Gasteiger partial charge in [-0.2, -0.15) is 30.6 Å². The quantitative estimate of drug-likeness (QED) is 0.524. The van der Waals surface area contributed by atoms with E-state index in [4.69, 9.17) is 0 Å². The number of benzene rings is 2. The van der Waals surface area contributed by atoms with Crippen LogP contribution in [0.4, 0.5) is 41.2 Å². The van der Waals surface area contributed by atoms with Crippen LogP contribution in [0.3, 0.4) is 0 Å². The summed E-state index contributed by atoms with van der Waals surface area (Å²) in [6.07, 6.45) is -9.23. The van der Waals surface area contributed by atoms with E-state index in [9.17, 15) is 43.9 Å². The average Bonchev–Trinajstić information content (AvgIpc) is 3.22. The minimum atomic E-state index is -5.10. The lowest BCUT2D eigenvalue weighted by molar-refractivity contribution is -0.143. The lowest BCUT2D eigenvalue weighted by Crippen LogP contribution is -2.47. The van der Waals surface area contributed by atoms with Gasteiger partial charge in [-0.1, -0.05) is 12.1 Å². The number of alkyl halides is 6. The smallest absolute Gasteiger partial charge is 0.322 e. The molecule has 1 fully saturated rings. The number of rotatable bonds is 4. The summed E-state index contributed by atoms with van der Waals surface area (Å²) in [5, 5.41) is 0. The number of urea groups is 1. The molecule has 0 saturated carbocycles. The molecule has 3 rings (SSSR count). The Morgan fingerprint density at radius 3 is 1.86 bits per heavy atom. The molecule has 0 radical (unpaired) electrons. The van der Waals surface area contributed by atoms with Crippen molar-refractivity contribution >= 4 is 21.7 Å². The lowest BCUT2D eigenvalue weighted by atomic mass is 9.93. The van der Waals surface area contributed by atoms with E-state index in [1.807, 2.05) is 0 Å². The van der Waals surface area contributed by atoms with Crippen LogP contribution >= 0.6 is 0 Å². The third-order valence-corrected chi connectivity index (χ3v) is 7.30. The Labute approximate surface area is 202 Å². The first-order valence-electron chi connectivity index (χ1n) is 10.4. The van der Waals surface area contributed by atoms with Crippen LogP contribution in [0.5, 0.6) is 0 Å². The number of carbonyl (C=O) groups excluding carboxylic acids is 1. The topological polar surface area (TPSA) is 60.9 Å². The van der Waals surface area contributed by atoms with Crippen molar-refractivity contribution in [1.82, 2.24) is 9.21 Å². The molecule has 36 heavy (non-hydrogen) atoms. The third-order valence-electron chi connectivity index (χ3n) is 6.07.